The molecule has 0 aliphatic carbocycles. The molecule has 0 unspecified atom stereocenters. The zero-order chi connectivity index (χ0) is 15.4. The fourth-order valence-corrected chi connectivity index (χ4v) is 2.27. The minimum absolute atomic E-state index is 0.0354. The summed E-state index contributed by atoms with van der Waals surface area (Å²) >= 11 is 1.43. The lowest BCUT2D eigenvalue weighted by molar-refractivity contribution is -0.137. The SMILES string of the molecule is CSC[C@@](C)(O)CNC(=O)c1ccc(C(F)(F)F)cc1. The Bertz CT molecular complexity index is 458. The summed E-state index contributed by atoms with van der Waals surface area (Å²) in [5.74, 6) is -0.0691. The van der Waals surface area contributed by atoms with Crippen molar-refractivity contribution < 1.29 is 23.1 Å². The maximum Gasteiger partial charge on any atom is 0.416 e. The average Bonchev–Trinajstić information content (AvgIpc) is 2.35. The summed E-state index contributed by atoms with van der Waals surface area (Å²) in [6, 6.07) is 3.94. The zero-order valence-corrected chi connectivity index (χ0v) is 11.9. The number of hydrogen-bond acceptors (Lipinski definition) is 3. The monoisotopic (exact) mass is 307 g/mol. The normalized spacial score (nSPS) is 14.7. The maximum atomic E-state index is 12.4. The Morgan fingerprint density at radius 2 is 1.85 bits per heavy atom. The van der Waals surface area contributed by atoms with Crippen LogP contribution in [0.15, 0.2) is 24.3 Å². The number of carbonyl (C=O) groups excluding carboxylic acids is 1. The quantitative estimate of drug-likeness (QED) is 0.879. The second-order valence-electron chi connectivity index (χ2n) is 4.69. The molecule has 3 nitrogen and oxygen atoms in total. The molecule has 7 heteroatoms. The molecule has 0 bridgehead atoms. The number of nitrogens with one attached hydrogen (secondary N) is 1. The number of alkyl halides is 3. The van der Waals surface area contributed by atoms with Crippen molar-refractivity contribution >= 4 is 17.7 Å². The van der Waals surface area contributed by atoms with E-state index in [1.807, 2.05) is 6.26 Å². The Kier molecular flexibility index (Phi) is 5.47. The van der Waals surface area contributed by atoms with Gasteiger partial charge in [0.25, 0.3) is 5.91 Å². The van der Waals surface area contributed by atoms with Crippen LogP contribution >= 0.6 is 11.8 Å². The van der Waals surface area contributed by atoms with Crippen LogP contribution in [0.5, 0.6) is 0 Å². The van der Waals surface area contributed by atoms with Crippen LogP contribution in [0, 0.1) is 0 Å². The number of carbonyl (C=O) groups is 1. The van der Waals surface area contributed by atoms with Gasteiger partial charge in [-0.3, -0.25) is 4.79 Å². The molecule has 1 amide bonds. The minimum atomic E-state index is -4.42. The van der Waals surface area contributed by atoms with Crippen LogP contribution in [-0.2, 0) is 6.18 Å². The first-order valence-electron chi connectivity index (χ1n) is 5.82. The van der Waals surface area contributed by atoms with E-state index in [9.17, 15) is 23.1 Å². The van der Waals surface area contributed by atoms with E-state index in [0.29, 0.717) is 5.75 Å². The lowest BCUT2D eigenvalue weighted by atomic mass is 10.1. The molecule has 1 aromatic carbocycles. The molecule has 0 aliphatic heterocycles. The second-order valence-corrected chi connectivity index (χ2v) is 5.55. The lowest BCUT2D eigenvalue weighted by Crippen LogP contribution is -2.42. The van der Waals surface area contributed by atoms with Crippen LogP contribution in [-0.4, -0.2) is 35.2 Å². The topological polar surface area (TPSA) is 49.3 Å². The van der Waals surface area contributed by atoms with Crippen molar-refractivity contribution in [1.82, 2.24) is 5.32 Å². The predicted octanol–water partition coefficient (Wildman–Crippen LogP) is 2.55. The molecule has 0 saturated heterocycles. The fourth-order valence-electron chi connectivity index (χ4n) is 1.55. The molecule has 1 rings (SSSR count). The molecular weight excluding hydrogens is 291 g/mol. The van der Waals surface area contributed by atoms with Gasteiger partial charge in [-0.05, 0) is 37.4 Å². The molecule has 0 fully saturated rings. The smallest absolute Gasteiger partial charge is 0.387 e. The molecule has 1 atom stereocenters. The fraction of sp³-hybridized carbons (Fsp3) is 0.462. The maximum absolute atomic E-state index is 12.4. The number of aliphatic hydroxyl groups is 1. The molecule has 20 heavy (non-hydrogen) atoms. The third-order valence-electron chi connectivity index (χ3n) is 2.56. The zero-order valence-electron chi connectivity index (χ0n) is 11.1. The number of halogens is 3. The van der Waals surface area contributed by atoms with Crippen LogP contribution in [0.2, 0.25) is 0 Å². The summed E-state index contributed by atoms with van der Waals surface area (Å²) in [6.45, 7) is 1.62. The van der Waals surface area contributed by atoms with Crippen molar-refractivity contribution in [1.29, 1.82) is 0 Å². The first-order chi connectivity index (χ1) is 9.15. The Morgan fingerprint density at radius 1 is 1.30 bits per heavy atom. The first-order valence-corrected chi connectivity index (χ1v) is 7.22. The highest BCUT2D eigenvalue weighted by molar-refractivity contribution is 7.98. The van der Waals surface area contributed by atoms with E-state index in [4.69, 9.17) is 0 Å². The Balaban J connectivity index is 2.65. The second kappa shape index (κ2) is 6.49. The molecule has 0 aliphatic rings. The third-order valence-corrected chi connectivity index (χ3v) is 3.47. The van der Waals surface area contributed by atoms with E-state index in [1.54, 1.807) is 6.92 Å². The minimum Gasteiger partial charge on any atom is -0.387 e. The van der Waals surface area contributed by atoms with E-state index >= 15 is 0 Å². The summed E-state index contributed by atoms with van der Waals surface area (Å²) in [5.41, 5.74) is -1.73. The molecule has 0 saturated carbocycles. The predicted molar refractivity (Wildman–Crippen MR) is 72.8 cm³/mol. The van der Waals surface area contributed by atoms with E-state index < -0.39 is 23.2 Å². The highest BCUT2D eigenvalue weighted by Gasteiger charge is 2.30. The molecule has 112 valence electrons. The standard InChI is InChI=1S/C13H16F3NO2S/c1-12(19,8-20-2)7-17-11(18)9-3-5-10(6-4-9)13(14,15)16/h3-6,19H,7-8H2,1-2H3,(H,17,18)/t12-/m0/s1. The largest absolute Gasteiger partial charge is 0.416 e. The summed E-state index contributed by atoms with van der Waals surface area (Å²) in [6.07, 6.45) is -2.59. The number of amides is 1. The van der Waals surface area contributed by atoms with Gasteiger partial charge in [0.15, 0.2) is 0 Å². The van der Waals surface area contributed by atoms with E-state index in [0.717, 1.165) is 24.3 Å². The van der Waals surface area contributed by atoms with Crippen molar-refractivity contribution in [3.05, 3.63) is 35.4 Å². The number of benzene rings is 1. The van der Waals surface area contributed by atoms with Crippen LogP contribution in [0.1, 0.15) is 22.8 Å². The molecular formula is C13H16F3NO2S. The Hall–Kier alpha value is -1.21. The van der Waals surface area contributed by atoms with E-state index in [1.165, 1.54) is 11.8 Å². The van der Waals surface area contributed by atoms with Gasteiger partial charge >= 0.3 is 6.18 Å². The molecule has 1 aromatic rings. The Morgan fingerprint density at radius 3 is 2.30 bits per heavy atom. The average molecular weight is 307 g/mol. The number of rotatable bonds is 5. The van der Waals surface area contributed by atoms with Gasteiger partial charge in [0.2, 0.25) is 0 Å². The van der Waals surface area contributed by atoms with Gasteiger partial charge < -0.3 is 10.4 Å². The summed E-state index contributed by atoms with van der Waals surface area (Å²) in [5, 5.41) is 12.4. The first kappa shape index (κ1) is 16.8. The highest BCUT2D eigenvalue weighted by Crippen LogP contribution is 2.29. The van der Waals surface area contributed by atoms with Crippen LogP contribution < -0.4 is 5.32 Å². The van der Waals surface area contributed by atoms with Crippen molar-refractivity contribution in [2.45, 2.75) is 18.7 Å². The van der Waals surface area contributed by atoms with Gasteiger partial charge in [0.1, 0.15) is 0 Å². The van der Waals surface area contributed by atoms with Crippen LogP contribution in [0.25, 0.3) is 0 Å². The number of hydrogen-bond donors (Lipinski definition) is 2. The van der Waals surface area contributed by atoms with Crippen LogP contribution in [0.3, 0.4) is 0 Å². The highest BCUT2D eigenvalue weighted by atomic mass is 32.2. The van der Waals surface area contributed by atoms with Crippen molar-refractivity contribution in [2.75, 3.05) is 18.6 Å². The molecule has 0 heterocycles. The number of thioether (sulfide) groups is 1. The summed E-state index contributed by atoms with van der Waals surface area (Å²) < 4.78 is 37.1. The third kappa shape index (κ3) is 5.05. The van der Waals surface area contributed by atoms with Gasteiger partial charge in [-0.1, -0.05) is 0 Å². The molecule has 0 spiro atoms. The summed E-state index contributed by atoms with van der Waals surface area (Å²) in [4.78, 5) is 11.7. The Labute approximate surface area is 119 Å². The van der Waals surface area contributed by atoms with Crippen molar-refractivity contribution in [3.8, 4) is 0 Å². The van der Waals surface area contributed by atoms with Crippen molar-refractivity contribution in [3.63, 3.8) is 0 Å². The van der Waals surface area contributed by atoms with Gasteiger partial charge in [-0.15, -0.1) is 0 Å². The van der Waals surface area contributed by atoms with E-state index in [-0.39, 0.29) is 12.1 Å². The van der Waals surface area contributed by atoms with Gasteiger partial charge in [-0.2, -0.15) is 24.9 Å². The van der Waals surface area contributed by atoms with Gasteiger partial charge in [-0.25, -0.2) is 0 Å². The molecule has 0 aromatic heterocycles. The van der Waals surface area contributed by atoms with Gasteiger partial charge in [0, 0.05) is 17.9 Å². The van der Waals surface area contributed by atoms with Gasteiger partial charge in [0.05, 0.1) is 11.2 Å². The molecule has 2 N–H and O–H groups in total. The molecule has 0 radical (unpaired) electrons. The van der Waals surface area contributed by atoms with E-state index in [2.05, 4.69) is 5.32 Å². The van der Waals surface area contributed by atoms with Crippen LogP contribution in [0.4, 0.5) is 13.2 Å². The summed E-state index contributed by atoms with van der Waals surface area (Å²) in [7, 11) is 0. The van der Waals surface area contributed by atoms with Crippen molar-refractivity contribution in [2.24, 2.45) is 0 Å². The lowest BCUT2D eigenvalue weighted by Gasteiger charge is -2.22.